The van der Waals surface area contributed by atoms with Gasteiger partial charge >= 0.3 is 6.18 Å². The lowest BCUT2D eigenvalue weighted by molar-refractivity contribution is -0.137. The summed E-state index contributed by atoms with van der Waals surface area (Å²) in [5.74, 6) is 0.0473. The monoisotopic (exact) mass is 495 g/mol. The van der Waals surface area contributed by atoms with Crippen molar-refractivity contribution in [3.8, 4) is 5.75 Å². The molecular formula is C22H17ClF3N3O3S. The summed E-state index contributed by atoms with van der Waals surface area (Å²) in [6.07, 6.45) is -1.82. The number of carbonyl (C=O) groups excluding carboxylic acids is 2. The summed E-state index contributed by atoms with van der Waals surface area (Å²) in [5.41, 5.74) is 1.22. The Morgan fingerprint density at radius 1 is 1.21 bits per heavy atom. The van der Waals surface area contributed by atoms with E-state index in [4.69, 9.17) is 16.3 Å². The smallest absolute Gasteiger partial charge is 0.417 e. The fraction of sp³-hybridized carbons (Fsp3) is 0.227. The first kappa shape index (κ1) is 23.1. The molecule has 0 saturated carbocycles. The molecule has 0 atom stereocenters. The molecule has 1 aliphatic heterocycles. The number of thiazole rings is 1. The van der Waals surface area contributed by atoms with E-state index in [0.717, 1.165) is 28.7 Å². The number of halogens is 4. The molecular weight excluding hydrogens is 479 g/mol. The zero-order valence-electron chi connectivity index (χ0n) is 17.0. The van der Waals surface area contributed by atoms with E-state index in [-0.39, 0.29) is 24.0 Å². The van der Waals surface area contributed by atoms with Crippen molar-refractivity contribution in [2.75, 3.05) is 17.2 Å². The SMILES string of the molecule is O=C(COc1ccc2c(c1)CCC(=O)N2)Nc1ncc(Cc2ccc(Cl)c(C(F)(F)F)c2)s1. The van der Waals surface area contributed by atoms with Crippen LogP contribution in [0.4, 0.5) is 24.0 Å². The molecule has 4 rings (SSSR count). The molecule has 172 valence electrons. The molecule has 11 heteroatoms. The predicted molar refractivity (Wildman–Crippen MR) is 119 cm³/mol. The topological polar surface area (TPSA) is 80.3 Å². The number of anilines is 2. The number of alkyl halides is 3. The lowest BCUT2D eigenvalue weighted by Crippen LogP contribution is -2.21. The number of amides is 2. The first-order valence-electron chi connectivity index (χ1n) is 9.83. The van der Waals surface area contributed by atoms with Gasteiger partial charge in [0.25, 0.3) is 5.91 Å². The van der Waals surface area contributed by atoms with Crippen LogP contribution in [-0.2, 0) is 28.6 Å². The summed E-state index contributed by atoms with van der Waals surface area (Å²) >= 11 is 6.82. The number of fused-ring (bicyclic) bond motifs is 1. The molecule has 1 aliphatic rings. The predicted octanol–water partition coefficient (Wildman–Crippen LogP) is 5.31. The molecule has 0 saturated heterocycles. The van der Waals surface area contributed by atoms with Crippen molar-refractivity contribution in [1.29, 1.82) is 0 Å². The normalized spacial score (nSPS) is 13.3. The Hall–Kier alpha value is -3.11. The molecule has 0 bridgehead atoms. The fourth-order valence-electron chi connectivity index (χ4n) is 3.30. The van der Waals surface area contributed by atoms with Crippen LogP contribution in [0.5, 0.6) is 5.75 Å². The Labute approximate surface area is 195 Å². The largest absolute Gasteiger partial charge is 0.484 e. The van der Waals surface area contributed by atoms with Gasteiger partial charge in [-0.05, 0) is 47.9 Å². The minimum Gasteiger partial charge on any atom is -0.484 e. The highest BCUT2D eigenvalue weighted by Gasteiger charge is 2.33. The van der Waals surface area contributed by atoms with Crippen LogP contribution in [0, 0.1) is 0 Å². The van der Waals surface area contributed by atoms with Gasteiger partial charge in [-0.3, -0.25) is 14.9 Å². The van der Waals surface area contributed by atoms with Crippen LogP contribution >= 0.6 is 22.9 Å². The number of hydrogen-bond acceptors (Lipinski definition) is 5. The van der Waals surface area contributed by atoms with Crippen LogP contribution in [0.1, 0.15) is 28.0 Å². The number of hydrogen-bond donors (Lipinski definition) is 2. The summed E-state index contributed by atoms with van der Waals surface area (Å²) in [6.45, 7) is -0.244. The standard InChI is InChI=1S/C22H17ClF3N3O3S/c23-17-4-1-12(8-16(17)22(24,25)26)7-15-10-27-21(33-15)29-20(31)11-32-14-3-5-18-13(9-14)2-6-19(30)28-18/h1,3-5,8-10H,2,6-7,11H2,(H,28,30)(H,27,29,31). The highest BCUT2D eigenvalue weighted by molar-refractivity contribution is 7.15. The first-order chi connectivity index (χ1) is 15.7. The summed E-state index contributed by atoms with van der Waals surface area (Å²) in [4.78, 5) is 28.4. The molecule has 2 aromatic carbocycles. The van der Waals surface area contributed by atoms with Crippen molar-refractivity contribution < 1.29 is 27.5 Å². The van der Waals surface area contributed by atoms with E-state index >= 15 is 0 Å². The van der Waals surface area contributed by atoms with Gasteiger partial charge in [-0.15, -0.1) is 11.3 Å². The number of aryl methyl sites for hydroxylation is 1. The van der Waals surface area contributed by atoms with Crippen molar-refractivity contribution in [2.45, 2.75) is 25.4 Å². The van der Waals surface area contributed by atoms with Crippen LogP contribution in [0.15, 0.2) is 42.6 Å². The third-order valence-electron chi connectivity index (χ3n) is 4.86. The van der Waals surface area contributed by atoms with Crippen molar-refractivity contribution in [2.24, 2.45) is 0 Å². The lowest BCUT2D eigenvalue weighted by Gasteiger charge is -2.17. The summed E-state index contributed by atoms with van der Waals surface area (Å²) in [5, 5.41) is 5.35. The van der Waals surface area contributed by atoms with E-state index < -0.39 is 17.6 Å². The Morgan fingerprint density at radius 2 is 2.03 bits per heavy atom. The van der Waals surface area contributed by atoms with E-state index in [1.807, 2.05) is 0 Å². The van der Waals surface area contributed by atoms with Gasteiger partial charge < -0.3 is 10.1 Å². The van der Waals surface area contributed by atoms with E-state index in [0.29, 0.717) is 34.2 Å². The number of nitrogens with one attached hydrogen (secondary N) is 2. The molecule has 3 aromatic rings. The van der Waals surface area contributed by atoms with Gasteiger partial charge in [0.05, 0.1) is 10.6 Å². The summed E-state index contributed by atoms with van der Waals surface area (Å²) < 4.78 is 44.6. The maximum absolute atomic E-state index is 13.0. The van der Waals surface area contributed by atoms with Gasteiger partial charge in [0.2, 0.25) is 5.91 Å². The quantitative estimate of drug-likeness (QED) is 0.486. The molecule has 33 heavy (non-hydrogen) atoms. The van der Waals surface area contributed by atoms with Gasteiger partial charge in [-0.1, -0.05) is 17.7 Å². The van der Waals surface area contributed by atoms with Crippen molar-refractivity contribution in [3.05, 3.63) is 69.2 Å². The third kappa shape index (κ3) is 5.82. The number of aromatic nitrogens is 1. The van der Waals surface area contributed by atoms with Gasteiger partial charge in [0.1, 0.15) is 5.75 Å². The maximum atomic E-state index is 13.0. The Kier molecular flexibility index (Phi) is 6.57. The summed E-state index contributed by atoms with van der Waals surface area (Å²) in [6, 6.07) is 8.93. The number of ether oxygens (including phenoxy) is 1. The average Bonchev–Trinajstić information content (AvgIpc) is 3.19. The van der Waals surface area contributed by atoms with Crippen LogP contribution in [-0.4, -0.2) is 23.4 Å². The average molecular weight is 496 g/mol. The van der Waals surface area contributed by atoms with Crippen molar-refractivity contribution in [1.82, 2.24) is 4.98 Å². The van der Waals surface area contributed by atoms with Gasteiger partial charge in [-0.2, -0.15) is 13.2 Å². The van der Waals surface area contributed by atoms with Gasteiger partial charge in [0, 0.05) is 29.6 Å². The zero-order chi connectivity index (χ0) is 23.6. The van der Waals surface area contributed by atoms with Gasteiger partial charge in [-0.25, -0.2) is 4.98 Å². The van der Waals surface area contributed by atoms with Crippen molar-refractivity contribution in [3.63, 3.8) is 0 Å². The first-order valence-corrected chi connectivity index (χ1v) is 11.0. The fourth-order valence-corrected chi connectivity index (χ4v) is 4.39. The molecule has 6 nitrogen and oxygen atoms in total. The molecule has 2 heterocycles. The summed E-state index contributed by atoms with van der Waals surface area (Å²) in [7, 11) is 0. The molecule has 2 amide bonds. The zero-order valence-corrected chi connectivity index (χ0v) is 18.5. The molecule has 0 radical (unpaired) electrons. The molecule has 2 N–H and O–H groups in total. The molecule has 0 unspecified atom stereocenters. The second-order valence-electron chi connectivity index (χ2n) is 7.32. The highest BCUT2D eigenvalue weighted by Crippen LogP contribution is 2.36. The molecule has 0 spiro atoms. The maximum Gasteiger partial charge on any atom is 0.417 e. The second kappa shape index (κ2) is 9.40. The van der Waals surface area contributed by atoms with Crippen molar-refractivity contribution >= 4 is 45.6 Å². The highest BCUT2D eigenvalue weighted by atomic mass is 35.5. The van der Waals surface area contributed by atoms with Crippen LogP contribution in [0.2, 0.25) is 5.02 Å². The van der Waals surface area contributed by atoms with Crippen LogP contribution in [0.25, 0.3) is 0 Å². The molecule has 1 aromatic heterocycles. The van der Waals surface area contributed by atoms with E-state index in [9.17, 15) is 22.8 Å². The number of benzene rings is 2. The Balaban J connectivity index is 1.32. The Bertz CT molecular complexity index is 1210. The number of carbonyl (C=O) groups is 2. The van der Waals surface area contributed by atoms with E-state index in [2.05, 4.69) is 15.6 Å². The van der Waals surface area contributed by atoms with E-state index in [1.54, 1.807) is 18.2 Å². The molecule has 0 aliphatic carbocycles. The van der Waals surface area contributed by atoms with E-state index in [1.165, 1.54) is 18.3 Å². The molecule has 0 fully saturated rings. The van der Waals surface area contributed by atoms with Gasteiger partial charge in [0.15, 0.2) is 11.7 Å². The minimum atomic E-state index is -4.54. The van der Waals surface area contributed by atoms with Crippen LogP contribution < -0.4 is 15.4 Å². The Morgan fingerprint density at radius 3 is 2.82 bits per heavy atom. The number of nitrogens with zero attached hydrogens (tertiary/aromatic N) is 1. The van der Waals surface area contributed by atoms with Crippen LogP contribution in [0.3, 0.4) is 0 Å². The third-order valence-corrected chi connectivity index (χ3v) is 6.10. The minimum absolute atomic E-state index is 0.0322. The second-order valence-corrected chi connectivity index (χ2v) is 8.85. The number of rotatable bonds is 6. The lowest BCUT2D eigenvalue weighted by atomic mass is 10.0.